The SMILES string of the molecule is CCN1CCN(C(=O)CC2CCN(c3ccc4nnc(C5CC5)n4n3)CC2)CC1. The third-order valence-corrected chi connectivity index (χ3v) is 6.79. The molecule has 5 rings (SSSR count). The molecule has 2 aromatic heterocycles. The second kappa shape index (κ2) is 7.89. The first-order chi connectivity index (χ1) is 14.2. The second-order valence-electron chi connectivity index (χ2n) is 8.74. The highest BCUT2D eigenvalue weighted by molar-refractivity contribution is 5.76. The van der Waals surface area contributed by atoms with Gasteiger partial charge in [0.05, 0.1) is 0 Å². The smallest absolute Gasteiger partial charge is 0.222 e. The van der Waals surface area contributed by atoms with E-state index in [1.165, 1.54) is 12.8 Å². The van der Waals surface area contributed by atoms with Gasteiger partial charge in [0.15, 0.2) is 11.5 Å². The van der Waals surface area contributed by atoms with Gasteiger partial charge >= 0.3 is 0 Å². The van der Waals surface area contributed by atoms with Gasteiger partial charge in [-0.2, -0.15) is 4.52 Å². The first kappa shape index (κ1) is 18.8. The Balaban J connectivity index is 1.16. The number of likely N-dealkylation sites (N-methyl/N-ethyl adjacent to an activating group) is 1. The number of carbonyl (C=O) groups excluding carboxylic acids is 1. The number of amides is 1. The van der Waals surface area contributed by atoms with E-state index in [-0.39, 0.29) is 0 Å². The molecule has 2 saturated heterocycles. The summed E-state index contributed by atoms with van der Waals surface area (Å²) in [7, 11) is 0. The number of hydrogen-bond acceptors (Lipinski definition) is 6. The third-order valence-electron chi connectivity index (χ3n) is 6.79. The standard InChI is InChI=1S/C21H31N7O/c1-2-25-11-13-27(14-12-25)20(29)15-16-7-9-26(10-8-16)19-6-5-18-22-23-21(17-3-4-17)28(18)24-19/h5-6,16-17H,2-4,7-15H2,1H3. The van der Waals surface area contributed by atoms with Gasteiger partial charge in [0.1, 0.15) is 5.82 Å². The summed E-state index contributed by atoms with van der Waals surface area (Å²) in [5.41, 5.74) is 0.833. The summed E-state index contributed by atoms with van der Waals surface area (Å²) >= 11 is 0. The van der Waals surface area contributed by atoms with Gasteiger partial charge in [0, 0.05) is 51.6 Å². The maximum absolute atomic E-state index is 12.7. The zero-order chi connectivity index (χ0) is 19.8. The fourth-order valence-electron chi connectivity index (χ4n) is 4.62. The largest absolute Gasteiger partial charge is 0.355 e. The predicted molar refractivity (Wildman–Crippen MR) is 111 cm³/mol. The molecule has 2 aliphatic heterocycles. The summed E-state index contributed by atoms with van der Waals surface area (Å²) in [6, 6.07) is 4.08. The summed E-state index contributed by atoms with van der Waals surface area (Å²) in [6.45, 7) is 8.99. The van der Waals surface area contributed by atoms with Crippen LogP contribution in [0.2, 0.25) is 0 Å². The Morgan fingerprint density at radius 3 is 2.45 bits per heavy atom. The van der Waals surface area contributed by atoms with E-state index >= 15 is 0 Å². The zero-order valence-corrected chi connectivity index (χ0v) is 17.3. The molecule has 0 aromatic carbocycles. The molecule has 8 heteroatoms. The van der Waals surface area contributed by atoms with Crippen LogP contribution in [0.15, 0.2) is 12.1 Å². The Kier molecular flexibility index (Phi) is 5.11. The number of anilines is 1. The molecule has 156 valence electrons. The van der Waals surface area contributed by atoms with Gasteiger partial charge in [-0.15, -0.1) is 15.3 Å². The first-order valence-corrected chi connectivity index (χ1v) is 11.2. The lowest BCUT2D eigenvalue weighted by atomic mass is 9.93. The van der Waals surface area contributed by atoms with Crippen LogP contribution < -0.4 is 4.90 Å². The highest BCUT2D eigenvalue weighted by atomic mass is 16.2. The summed E-state index contributed by atoms with van der Waals surface area (Å²) in [6.07, 6.45) is 5.19. The van der Waals surface area contributed by atoms with Gasteiger partial charge in [0.2, 0.25) is 5.91 Å². The highest BCUT2D eigenvalue weighted by Crippen LogP contribution is 2.38. The monoisotopic (exact) mass is 397 g/mol. The number of piperidine rings is 1. The van der Waals surface area contributed by atoms with E-state index in [4.69, 9.17) is 5.10 Å². The molecular formula is C21H31N7O. The summed E-state index contributed by atoms with van der Waals surface area (Å²) in [4.78, 5) is 19.5. The molecular weight excluding hydrogens is 366 g/mol. The summed E-state index contributed by atoms with van der Waals surface area (Å²) in [5.74, 6) is 3.37. The number of hydrogen-bond donors (Lipinski definition) is 0. The lowest BCUT2D eigenvalue weighted by molar-refractivity contribution is -0.134. The molecule has 29 heavy (non-hydrogen) atoms. The van der Waals surface area contributed by atoms with Crippen molar-refractivity contribution in [3.8, 4) is 0 Å². The van der Waals surface area contributed by atoms with E-state index in [1.807, 2.05) is 10.6 Å². The average Bonchev–Trinajstić information content (AvgIpc) is 3.53. The lowest BCUT2D eigenvalue weighted by Crippen LogP contribution is -2.49. The lowest BCUT2D eigenvalue weighted by Gasteiger charge is -2.36. The van der Waals surface area contributed by atoms with E-state index in [1.54, 1.807) is 0 Å². The predicted octanol–water partition coefficient (Wildman–Crippen LogP) is 1.77. The Bertz CT molecular complexity index is 861. The van der Waals surface area contributed by atoms with E-state index in [9.17, 15) is 4.79 Å². The summed E-state index contributed by atoms with van der Waals surface area (Å²) < 4.78 is 1.93. The molecule has 0 bridgehead atoms. The molecule has 2 aromatic rings. The van der Waals surface area contributed by atoms with E-state index < -0.39 is 0 Å². The molecule has 4 heterocycles. The van der Waals surface area contributed by atoms with Crippen LogP contribution >= 0.6 is 0 Å². The van der Waals surface area contributed by atoms with Crippen molar-refractivity contribution in [2.24, 2.45) is 5.92 Å². The zero-order valence-electron chi connectivity index (χ0n) is 17.3. The maximum Gasteiger partial charge on any atom is 0.222 e. The van der Waals surface area contributed by atoms with Crippen LogP contribution in [-0.2, 0) is 4.79 Å². The van der Waals surface area contributed by atoms with Crippen LogP contribution in [0.3, 0.4) is 0 Å². The summed E-state index contributed by atoms with van der Waals surface area (Å²) in [5, 5.41) is 13.4. The Labute approximate surface area is 171 Å². The third kappa shape index (κ3) is 3.95. The minimum absolute atomic E-state index is 0.345. The fourth-order valence-corrected chi connectivity index (χ4v) is 4.62. The van der Waals surface area contributed by atoms with E-state index in [0.717, 1.165) is 75.9 Å². The van der Waals surface area contributed by atoms with Crippen LogP contribution in [0.4, 0.5) is 5.82 Å². The molecule has 0 N–H and O–H groups in total. The van der Waals surface area contributed by atoms with Crippen LogP contribution in [-0.4, -0.2) is 81.3 Å². The number of rotatable bonds is 5. The van der Waals surface area contributed by atoms with Crippen LogP contribution in [0.1, 0.15) is 50.8 Å². The Morgan fingerprint density at radius 1 is 1.00 bits per heavy atom. The van der Waals surface area contributed by atoms with Crippen molar-refractivity contribution >= 4 is 17.4 Å². The molecule has 0 spiro atoms. The minimum atomic E-state index is 0.345. The van der Waals surface area contributed by atoms with Crippen molar-refractivity contribution in [2.75, 3.05) is 50.7 Å². The number of nitrogens with zero attached hydrogens (tertiary/aromatic N) is 7. The van der Waals surface area contributed by atoms with E-state index in [0.29, 0.717) is 24.2 Å². The molecule has 1 amide bonds. The quantitative estimate of drug-likeness (QED) is 0.766. The van der Waals surface area contributed by atoms with Gasteiger partial charge in [-0.3, -0.25) is 4.79 Å². The van der Waals surface area contributed by atoms with Gasteiger partial charge in [-0.05, 0) is 50.3 Å². The molecule has 1 aliphatic carbocycles. The van der Waals surface area contributed by atoms with Crippen LogP contribution in [0, 0.1) is 5.92 Å². The molecule has 3 aliphatic rings. The highest BCUT2D eigenvalue weighted by Gasteiger charge is 2.30. The van der Waals surface area contributed by atoms with Crippen molar-refractivity contribution < 1.29 is 4.79 Å². The van der Waals surface area contributed by atoms with Gasteiger partial charge < -0.3 is 14.7 Å². The van der Waals surface area contributed by atoms with Gasteiger partial charge in [0.25, 0.3) is 0 Å². The van der Waals surface area contributed by atoms with Crippen LogP contribution in [0.5, 0.6) is 0 Å². The molecule has 0 unspecified atom stereocenters. The molecule has 1 saturated carbocycles. The number of aromatic nitrogens is 4. The minimum Gasteiger partial charge on any atom is -0.355 e. The van der Waals surface area contributed by atoms with Gasteiger partial charge in [-0.25, -0.2) is 0 Å². The first-order valence-electron chi connectivity index (χ1n) is 11.2. The van der Waals surface area contributed by atoms with E-state index in [2.05, 4.69) is 37.9 Å². The van der Waals surface area contributed by atoms with Crippen LogP contribution in [0.25, 0.3) is 5.65 Å². The Morgan fingerprint density at radius 2 is 1.76 bits per heavy atom. The molecule has 0 radical (unpaired) electrons. The van der Waals surface area contributed by atoms with Gasteiger partial charge in [-0.1, -0.05) is 6.92 Å². The Hall–Kier alpha value is -2.22. The molecule has 0 atom stereocenters. The fraction of sp³-hybridized carbons (Fsp3) is 0.714. The second-order valence-corrected chi connectivity index (χ2v) is 8.74. The average molecular weight is 398 g/mol. The topological polar surface area (TPSA) is 69.9 Å². The maximum atomic E-state index is 12.7. The number of piperazine rings is 1. The van der Waals surface area contributed by atoms with Crippen molar-refractivity contribution in [1.82, 2.24) is 29.6 Å². The van der Waals surface area contributed by atoms with Crippen molar-refractivity contribution in [1.29, 1.82) is 0 Å². The van der Waals surface area contributed by atoms with Crippen molar-refractivity contribution in [3.63, 3.8) is 0 Å². The molecule has 3 fully saturated rings. The normalized spacial score (nSPS) is 21.8. The number of fused-ring (bicyclic) bond motifs is 1. The van der Waals surface area contributed by atoms with Crippen molar-refractivity contribution in [2.45, 2.75) is 44.9 Å². The molecule has 8 nitrogen and oxygen atoms in total. The number of carbonyl (C=O) groups is 1. The van der Waals surface area contributed by atoms with Crippen molar-refractivity contribution in [3.05, 3.63) is 18.0 Å².